The minimum Gasteiger partial charge on any atom is -0.352 e. The van der Waals surface area contributed by atoms with E-state index in [4.69, 9.17) is 46.4 Å². The van der Waals surface area contributed by atoms with Crippen LogP contribution in [0.2, 0.25) is 20.1 Å². The van der Waals surface area contributed by atoms with Crippen molar-refractivity contribution in [3.8, 4) is 0 Å². The van der Waals surface area contributed by atoms with Gasteiger partial charge in [-0.2, -0.15) is 0 Å². The zero-order chi connectivity index (χ0) is 26.5. The van der Waals surface area contributed by atoms with Crippen LogP contribution in [0, 0.1) is 0 Å². The summed E-state index contributed by atoms with van der Waals surface area (Å²) in [6.45, 7) is 4.70. The van der Waals surface area contributed by atoms with E-state index in [0.29, 0.717) is 27.1 Å². The van der Waals surface area contributed by atoms with Gasteiger partial charge in [-0.3, -0.25) is 13.9 Å². The molecular weight excluding hydrogens is 556 g/mol. The Hall–Kier alpha value is -1.71. The number of hydrogen-bond acceptors (Lipinski definition) is 4. The fourth-order valence-electron chi connectivity index (χ4n) is 3.16. The molecule has 0 aliphatic rings. The van der Waals surface area contributed by atoms with E-state index < -0.39 is 28.5 Å². The van der Waals surface area contributed by atoms with Crippen molar-refractivity contribution in [1.29, 1.82) is 0 Å². The van der Waals surface area contributed by atoms with Gasteiger partial charge in [0.2, 0.25) is 21.8 Å². The molecule has 2 aromatic carbocycles. The van der Waals surface area contributed by atoms with Gasteiger partial charge in [0, 0.05) is 27.7 Å². The number of carbonyl (C=O) groups excluding carboxylic acids is 2. The lowest BCUT2D eigenvalue weighted by molar-refractivity contribution is -0.139. The van der Waals surface area contributed by atoms with E-state index in [2.05, 4.69) is 5.32 Å². The lowest BCUT2D eigenvalue weighted by Crippen LogP contribution is -2.52. The van der Waals surface area contributed by atoms with Crippen LogP contribution < -0.4 is 9.62 Å². The largest absolute Gasteiger partial charge is 0.352 e. The Balaban J connectivity index is 2.45. The number of anilines is 1. The first kappa shape index (κ1) is 29.5. The second-order valence-electron chi connectivity index (χ2n) is 8.12. The molecular formula is C23H27Cl4N3O4S. The van der Waals surface area contributed by atoms with Gasteiger partial charge < -0.3 is 10.2 Å². The first-order chi connectivity index (χ1) is 16.2. The van der Waals surface area contributed by atoms with Crippen LogP contribution in [-0.4, -0.2) is 50.0 Å². The van der Waals surface area contributed by atoms with Crippen molar-refractivity contribution in [2.24, 2.45) is 0 Å². The molecule has 192 valence electrons. The molecule has 0 unspecified atom stereocenters. The number of hydrogen-bond donors (Lipinski definition) is 1. The Morgan fingerprint density at radius 3 is 2.06 bits per heavy atom. The molecule has 2 rings (SSSR count). The van der Waals surface area contributed by atoms with Gasteiger partial charge >= 0.3 is 0 Å². The Morgan fingerprint density at radius 1 is 0.971 bits per heavy atom. The lowest BCUT2D eigenvalue weighted by atomic mass is 10.1. The molecule has 2 aromatic rings. The molecule has 0 heterocycles. The average molecular weight is 583 g/mol. The van der Waals surface area contributed by atoms with Crippen molar-refractivity contribution in [3.63, 3.8) is 0 Å². The van der Waals surface area contributed by atoms with Crippen LogP contribution in [0.5, 0.6) is 0 Å². The fraction of sp³-hybridized carbons (Fsp3) is 0.391. The molecule has 2 amide bonds. The molecule has 0 spiro atoms. The van der Waals surface area contributed by atoms with Crippen LogP contribution in [0.15, 0.2) is 36.4 Å². The van der Waals surface area contributed by atoms with E-state index in [1.165, 1.54) is 29.2 Å². The Labute approximate surface area is 226 Å². The van der Waals surface area contributed by atoms with Crippen LogP contribution in [0.3, 0.4) is 0 Å². The number of nitrogens with one attached hydrogen (secondary N) is 1. The standard InChI is InChI=1S/C23H27Cl4N3O4S/c1-5-14(2)28-23(32)15(3)29(12-16-6-7-17(24)10-19(16)26)22(31)13-30(35(4,33)34)21-9-8-18(25)11-20(21)27/h6-11,14-15H,5,12-13H2,1-4H3,(H,28,32)/t14-,15+/m0/s1. The number of benzene rings is 2. The normalized spacial score (nSPS) is 13.1. The highest BCUT2D eigenvalue weighted by atomic mass is 35.5. The van der Waals surface area contributed by atoms with Crippen molar-refractivity contribution in [3.05, 3.63) is 62.1 Å². The number of amides is 2. The van der Waals surface area contributed by atoms with Crippen LogP contribution in [-0.2, 0) is 26.2 Å². The molecule has 0 bridgehead atoms. The van der Waals surface area contributed by atoms with Gasteiger partial charge in [0.05, 0.1) is 17.0 Å². The first-order valence-corrected chi connectivity index (χ1v) is 14.1. The maximum atomic E-state index is 13.5. The van der Waals surface area contributed by atoms with Crippen LogP contribution in [0.25, 0.3) is 0 Å². The van der Waals surface area contributed by atoms with E-state index in [-0.39, 0.29) is 29.2 Å². The molecule has 0 saturated carbocycles. The Kier molecular flexibility index (Phi) is 10.5. The zero-order valence-corrected chi connectivity index (χ0v) is 23.5. The molecule has 1 N–H and O–H groups in total. The van der Waals surface area contributed by atoms with E-state index >= 15 is 0 Å². The number of sulfonamides is 1. The maximum Gasteiger partial charge on any atom is 0.244 e. The van der Waals surface area contributed by atoms with Gasteiger partial charge in [0.25, 0.3) is 0 Å². The van der Waals surface area contributed by atoms with Crippen molar-refractivity contribution in [2.45, 2.75) is 45.8 Å². The van der Waals surface area contributed by atoms with E-state index in [9.17, 15) is 18.0 Å². The van der Waals surface area contributed by atoms with Crippen LogP contribution in [0.1, 0.15) is 32.8 Å². The third-order valence-corrected chi connectivity index (χ3v) is 7.63. The predicted molar refractivity (Wildman–Crippen MR) is 143 cm³/mol. The summed E-state index contributed by atoms with van der Waals surface area (Å²) in [6.07, 6.45) is 1.66. The maximum absolute atomic E-state index is 13.5. The lowest BCUT2D eigenvalue weighted by Gasteiger charge is -2.32. The average Bonchev–Trinajstić information content (AvgIpc) is 2.76. The molecule has 0 fully saturated rings. The summed E-state index contributed by atoms with van der Waals surface area (Å²) in [5.41, 5.74) is 0.635. The zero-order valence-electron chi connectivity index (χ0n) is 19.7. The fourth-order valence-corrected chi connectivity index (χ4v) is 5.05. The number of nitrogens with zero attached hydrogens (tertiary/aromatic N) is 2. The molecule has 0 saturated heterocycles. The van der Waals surface area contributed by atoms with E-state index in [0.717, 1.165) is 10.6 Å². The quantitative estimate of drug-likeness (QED) is 0.406. The summed E-state index contributed by atoms with van der Waals surface area (Å²) >= 11 is 24.5. The molecule has 0 aromatic heterocycles. The van der Waals surface area contributed by atoms with Crippen molar-refractivity contribution < 1.29 is 18.0 Å². The second-order valence-corrected chi connectivity index (χ2v) is 11.7. The third-order valence-electron chi connectivity index (χ3n) is 5.38. The van der Waals surface area contributed by atoms with Gasteiger partial charge in [0.1, 0.15) is 12.6 Å². The van der Waals surface area contributed by atoms with E-state index in [1.807, 2.05) is 13.8 Å². The second kappa shape index (κ2) is 12.5. The predicted octanol–water partition coefficient (Wildman–Crippen LogP) is 5.40. The highest BCUT2D eigenvalue weighted by Gasteiger charge is 2.31. The summed E-state index contributed by atoms with van der Waals surface area (Å²) in [4.78, 5) is 27.7. The van der Waals surface area contributed by atoms with Crippen molar-refractivity contribution >= 4 is 73.9 Å². The molecule has 12 heteroatoms. The minimum absolute atomic E-state index is 0.0458. The topological polar surface area (TPSA) is 86.8 Å². The summed E-state index contributed by atoms with van der Waals surface area (Å²) in [5.74, 6) is -1.01. The molecule has 0 aliphatic heterocycles. The van der Waals surface area contributed by atoms with E-state index in [1.54, 1.807) is 19.1 Å². The monoisotopic (exact) mass is 581 g/mol. The van der Waals surface area contributed by atoms with Crippen molar-refractivity contribution in [2.75, 3.05) is 17.1 Å². The summed E-state index contributed by atoms with van der Waals surface area (Å²) in [6, 6.07) is 8.03. The molecule has 35 heavy (non-hydrogen) atoms. The molecule has 2 atom stereocenters. The number of halogens is 4. The SMILES string of the molecule is CC[C@H](C)NC(=O)[C@@H](C)N(Cc1ccc(Cl)cc1Cl)C(=O)CN(c1ccc(Cl)cc1Cl)S(C)(=O)=O. The smallest absolute Gasteiger partial charge is 0.244 e. The molecule has 0 radical (unpaired) electrons. The van der Waals surface area contributed by atoms with Gasteiger partial charge in [-0.1, -0.05) is 59.4 Å². The minimum atomic E-state index is -3.92. The summed E-state index contributed by atoms with van der Waals surface area (Å²) in [7, 11) is -3.92. The molecule has 7 nitrogen and oxygen atoms in total. The number of carbonyl (C=O) groups is 2. The van der Waals surface area contributed by atoms with Gasteiger partial charge in [-0.15, -0.1) is 0 Å². The van der Waals surface area contributed by atoms with Gasteiger partial charge in [-0.05, 0) is 56.2 Å². The molecule has 0 aliphatic carbocycles. The summed E-state index contributed by atoms with van der Waals surface area (Å²) < 4.78 is 26.1. The Bertz CT molecular complexity index is 1190. The van der Waals surface area contributed by atoms with Crippen LogP contribution >= 0.6 is 46.4 Å². The van der Waals surface area contributed by atoms with Gasteiger partial charge in [-0.25, -0.2) is 8.42 Å². The highest BCUT2D eigenvalue weighted by Crippen LogP contribution is 2.31. The third kappa shape index (κ3) is 8.15. The summed E-state index contributed by atoms with van der Waals surface area (Å²) in [5, 5.41) is 3.95. The van der Waals surface area contributed by atoms with Gasteiger partial charge in [0.15, 0.2) is 0 Å². The van der Waals surface area contributed by atoms with Crippen LogP contribution in [0.4, 0.5) is 5.69 Å². The first-order valence-electron chi connectivity index (χ1n) is 10.7. The highest BCUT2D eigenvalue weighted by molar-refractivity contribution is 7.92. The Morgan fingerprint density at radius 2 is 1.54 bits per heavy atom. The van der Waals surface area contributed by atoms with Crippen molar-refractivity contribution in [1.82, 2.24) is 10.2 Å². The number of rotatable bonds is 10.